The van der Waals surface area contributed by atoms with Crippen molar-refractivity contribution in [3.8, 4) is 5.75 Å². The van der Waals surface area contributed by atoms with Gasteiger partial charge in [-0.3, -0.25) is 4.79 Å². The van der Waals surface area contributed by atoms with Gasteiger partial charge in [0.15, 0.2) is 0 Å². The first kappa shape index (κ1) is 13.0. The van der Waals surface area contributed by atoms with Crippen LogP contribution in [0.2, 0.25) is 0 Å². The smallest absolute Gasteiger partial charge is 0.254 e. The van der Waals surface area contributed by atoms with Crippen molar-refractivity contribution in [2.24, 2.45) is 0 Å². The van der Waals surface area contributed by atoms with Crippen LogP contribution >= 0.6 is 15.9 Å². The zero-order valence-electron chi connectivity index (χ0n) is 9.05. The first-order chi connectivity index (χ1) is 7.35. The van der Waals surface area contributed by atoms with Crippen LogP contribution in [0.15, 0.2) is 18.2 Å². The summed E-state index contributed by atoms with van der Waals surface area (Å²) in [5.41, 5.74) is -0.534. The molecule has 0 aliphatic carbocycles. The molecule has 5 heteroatoms. The minimum atomic E-state index is -0.733. The minimum Gasteiger partial charge on any atom is -0.508 e. The third-order valence-corrected chi connectivity index (χ3v) is 3.39. The van der Waals surface area contributed by atoms with Crippen LogP contribution in [0.4, 0.5) is 4.39 Å². The number of alkyl halides is 1. The monoisotopic (exact) mass is 289 g/mol. The molecule has 0 bridgehead atoms. The molecule has 0 atom stereocenters. The molecular weight excluding hydrogens is 277 g/mol. The average molecular weight is 290 g/mol. The Bertz CT molecular complexity index is 407. The number of halogens is 2. The van der Waals surface area contributed by atoms with E-state index in [1.54, 1.807) is 0 Å². The van der Waals surface area contributed by atoms with E-state index in [1.807, 2.05) is 13.8 Å². The van der Waals surface area contributed by atoms with Gasteiger partial charge in [0.05, 0.1) is 5.56 Å². The highest BCUT2D eigenvalue weighted by Crippen LogP contribution is 2.16. The largest absolute Gasteiger partial charge is 0.508 e. The van der Waals surface area contributed by atoms with Crippen molar-refractivity contribution in [3.05, 3.63) is 29.6 Å². The molecule has 0 fully saturated rings. The van der Waals surface area contributed by atoms with Crippen molar-refractivity contribution >= 4 is 21.8 Å². The summed E-state index contributed by atoms with van der Waals surface area (Å²) in [5.74, 6) is -1.43. The Labute approximate surface area is 102 Å². The molecule has 16 heavy (non-hydrogen) atoms. The first-order valence-electron chi connectivity index (χ1n) is 4.73. The summed E-state index contributed by atoms with van der Waals surface area (Å²) in [4.78, 5) is 11.7. The molecule has 0 aliphatic rings. The number of aromatic hydroxyl groups is 1. The van der Waals surface area contributed by atoms with Gasteiger partial charge in [0.25, 0.3) is 5.91 Å². The molecule has 0 saturated carbocycles. The van der Waals surface area contributed by atoms with E-state index in [9.17, 15) is 9.18 Å². The van der Waals surface area contributed by atoms with Gasteiger partial charge in [-0.2, -0.15) is 0 Å². The fourth-order valence-electron chi connectivity index (χ4n) is 1.10. The highest BCUT2D eigenvalue weighted by molar-refractivity contribution is 9.09. The summed E-state index contributed by atoms with van der Waals surface area (Å²) < 4.78 is 13.3. The molecular formula is C11H13BrFNO2. The predicted molar refractivity (Wildman–Crippen MR) is 63.4 cm³/mol. The molecule has 1 aromatic rings. The summed E-state index contributed by atoms with van der Waals surface area (Å²) in [6.45, 7) is 3.63. The summed E-state index contributed by atoms with van der Waals surface area (Å²) in [7, 11) is 0. The quantitative estimate of drug-likeness (QED) is 0.840. The third kappa shape index (κ3) is 3.20. The summed E-state index contributed by atoms with van der Waals surface area (Å²) in [5, 5.41) is 12.3. The van der Waals surface area contributed by atoms with E-state index in [1.165, 1.54) is 12.1 Å². The van der Waals surface area contributed by atoms with Crippen molar-refractivity contribution in [2.45, 2.75) is 19.4 Å². The fraction of sp³-hybridized carbons (Fsp3) is 0.364. The Balaban J connectivity index is 2.89. The standard InChI is InChI=1S/C11H13BrFNO2/c1-11(2,6-12)14-10(16)8-4-3-7(15)5-9(8)13/h3-5,15H,6H2,1-2H3,(H,14,16). The molecule has 88 valence electrons. The molecule has 1 aromatic carbocycles. The number of carbonyl (C=O) groups is 1. The number of carbonyl (C=O) groups excluding carboxylic acids is 1. The summed E-state index contributed by atoms with van der Waals surface area (Å²) >= 11 is 3.25. The van der Waals surface area contributed by atoms with Gasteiger partial charge < -0.3 is 10.4 Å². The summed E-state index contributed by atoms with van der Waals surface area (Å²) in [6.07, 6.45) is 0. The van der Waals surface area contributed by atoms with Gasteiger partial charge in [-0.1, -0.05) is 15.9 Å². The van der Waals surface area contributed by atoms with E-state index < -0.39 is 17.3 Å². The first-order valence-corrected chi connectivity index (χ1v) is 5.85. The third-order valence-electron chi connectivity index (χ3n) is 1.98. The molecule has 0 aliphatic heterocycles. The molecule has 0 unspecified atom stereocenters. The van der Waals surface area contributed by atoms with E-state index >= 15 is 0 Å². The maximum absolute atomic E-state index is 13.3. The van der Waals surface area contributed by atoms with E-state index in [2.05, 4.69) is 21.2 Å². The topological polar surface area (TPSA) is 49.3 Å². The average Bonchev–Trinajstić information content (AvgIpc) is 2.16. The lowest BCUT2D eigenvalue weighted by Gasteiger charge is -2.23. The van der Waals surface area contributed by atoms with Crippen LogP contribution in [0.1, 0.15) is 24.2 Å². The lowest BCUT2D eigenvalue weighted by atomic mass is 10.1. The van der Waals surface area contributed by atoms with Crippen LogP contribution in [0, 0.1) is 5.82 Å². The maximum Gasteiger partial charge on any atom is 0.254 e. The van der Waals surface area contributed by atoms with E-state index in [-0.39, 0.29) is 11.3 Å². The van der Waals surface area contributed by atoms with Gasteiger partial charge in [-0.15, -0.1) is 0 Å². The Morgan fingerprint density at radius 2 is 2.19 bits per heavy atom. The number of benzene rings is 1. The van der Waals surface area contributed by atoms with Gasteiger partial charge in [0.1, 0.15) is 11.6 Å². The predicted octanol–water partition coefficient (Wildman–Crippen LogP) is 2.43. The molecule has 2 N–H and O–H groups in total. The second-order valence-corrected chi connectivity index (χ2v) is 4.70. The lowest BCUT2D eigenvalue weighted by Crippen LogP contribution is -2.45. The number of hydrogen-bond acceptors (Lipinski definition) is 2. The molecule has 1 rings (SSSR count). The Morgan fingerprint density at radius 3 is 2.69 bits per heavy atom. The second-order valence-electron chi connectivity index (χ2n) is 4.14. The maximum atomic E-state index is 13.3. The van der Waals surface area contributed by atoms with Gasteiger partial charge >= 0.3 is 0 Å². The SMILES string of the molecule is CC(C)(CBr)NC(=O)c1ccc(O)cc1F. The molecule has 3 nitrogen and oxygen atoms in total. The Kier molecular flexibility index (Phi) is 3.91. The van der Waals surface area contributed by atoms with Crippen LogP contribution < -0.4 is 5.32 Å². The number of phenols is 1. The molecule has 1 amide bonds. The van der Waals surface area contributed by atoms with Crippen molar-refractivity contribution in [2.75, 3.05) is 5.33 Å². The molecule has 0 heterocycles. The summed E-state index contributed by atoms with van der Waals surface area (Å²) in [6, 6.07) is 3.44. The van der Waals surface area contributed by atoms with Gasteiger partial charge in [-0.05, 0) is 26.0 Å². The number of nitrogens with one attached hydrogen (secondary N) is 1. The van der Waals surface area contributed by atoms with Crippen LogP contribution in [0.3, 0.4) is 0 Å². The molecule has 0 radical (unpaired) electrons. The Morgan fingerprint density at radius 1 is 1.56 bits per heavy atom. The van der Waals surface area contributed by atoms with Crippen LogP contribution in [0.5, 0.6) is 5.75 Å². The van der Waals surface area contributed by atoms with E-state index in [0.29, 0.717) is 5.33 Å². The number of rotatable bonds is 3. The van der Waals surface area contributed by atoms with Gasteiger partial charge in [0, 0.05) is 16.9 Å². The van der Waals surface area contributed by atoms with E-state index in [4.69, 9.17) is 5.11 Å². The molecule has 0 spiro atoms. The van der Waals surface area contributed by atoms with Crippen LogP contribution in [-0.2, 0) is 0 Å². The fourth-order valence-corrected chi connectivity index (χ4v) is 1.24. The van der Waals surface area contributed by atoms with Gasteiger partial charge in [0.2, 0.25) is 0 Å². The zero-order chi connectivity index (χ0) is 12.3. The van der Waals surface area contributed by atoms with E-state index in [0.717, 1.165) is 6.07 Å². The minimum absolute atomic E-state index is 0.0770. The van der Waals surface area contributed by atoms with Crippen molar-refractivity contribution in [1.82, 2.24) is 5.32 Å². The van der Waals surface area contributed by atoms with Crippen LogP contribution in [0.25, 0.3) is 0 Å². The zero-order valence-corrected chi connectivity index (χ0v) is 10.6. The number of phenolic OH excluding ortho intramolecular Hbond substituents is 1. The molecule has 0 saturated heterocycles. The second kappa shape index (κ2) is 4.82. The highest BCUT2D eigenvalue weighted by atomic mass is 79.9. The Hall–Kier alpha value is -1.10. The normalized spacial score (nSPS) is 11.2. The number of hydrogen-bond donors (Lipinski definition) is 2. The molecule has 0 aromatic heterocycles. The number of amides is 1. The van der Waals surface area contributed by atoms with Crippen LogP contribution in [-0.4, -0.2) is 21.9 Å². The van der Waals surface area contributed by atoms with Crippen molar-refractivity contribution < 1.29 is 14.3 Å². The van der Waals surface area contributed by atoms with Crippen molar-refractivity contribution in [3.63, 3.8) is 0 Å². The van der Waals surface area contributed by atoms with Crippen molar-refractivity contribution in [1.29, 1.82) is 0 Å². The van der Waals surface area contributed by atoms with Gasteiger partial charge in [-0.25, -0.2) is 4.39 Å². The lowest BCUT2D eigenvalue weighted by molar-refractivity contribution is 0.0917. The highest BCUT2D eigenvalue weighted by Gasteiger charge is 2.21.